The third kappa shape index (κ3) is 3.82. The number of carbonyl (C=O) groups excluding carboxylic acids is 2. The molecule has 0 aromatic carbocycles. The zero-order chi connectivity index (χ0) is 21.9. The van der Waals surface area contributed by atoms with Crippen LogP contribution < -0.4 is 5.32 Å². The maximum atomic E-state index is 13.0. The molecular weight excluding hydrogens is 404 g/mol. The van der Waals surface area contributed by atoms with Crippen LogP contribution in [0.25, 0.3) is 16.8 Å². The molecule has 0 atom stereocenters. The molecule has 5 heterocycles. The maximum absolute atomic E-state index is 13.0. The Bertz CT molecular complexity index is 1260. The van der Waals surface area contributed by atoms with Crippen LogP contribution in [0.4, 0.5) is 5.69 Å². The number of aromatic nitrogens is 4. The summed E-state index contributed by atoms with van der Waals surface area (Å²) in [6, 6.07) is 12.7. The third-order valence-electron chi connectivity index (χ3n) is 5.65. The van der Waals surface area contributed by atoms with Gasteiger partial charge in [0, 0.05) is 42.9 Å². The van der Waals surface area contributed by atoms with Crippen LogP contribution in [-0.4, -0.2) is 49.4 Å². The summed E-state index contributed by atoms with van der Waals surface area (Å²) < 4.78 is 1.75. The zero-order valence-electron chi connectivity index (χ0n) is 17.4. The molecule has 5 rings (SSSR count). The fraction of sp³-hybridized carbons (Fsp3) is 0.208. The van der Waals surface area contributed by atoms with Crippen molar-refractivity contribution in [2.45, 2.75) is 19.3 Å². The number of nitrogens with one attached hydrogen (secondary N) is 1. The third-order valence-corrected chi connectivity index (χ3v) is 5.65. The number of likely N-dealkylation sites (tertiary alicyclic amines) is 1. The van der Waals surface area contributed by atoms with Gasteiger partial charge in [0.15, 0.2) is 0 Å². The van der Waals surface area contributed by atoms with Crippen LogP contribution in [0.3, 0.4) is 0 Å². The summed E-state index contributed by atoms with van der Waals surface area (Å²) in [5.74, 6) is -0.271. The van der Waals surface area contributed by atoms with Crippen LogP contribution in [0.15, 0.2) is 67.3 Å². The molecule has 8 heteroatoms. The molecule has 4 aromatic rings. The number of amides is 2. The van der Waals surface area contributed by atoms with E-state index in [4.69, 9.17) is 0 Å². The summed E-state index contributed by atoms with van der Waals surface area (Å²) in [5, 5.41) is 7.27. The minimum Gasteiger partial charge on any atom is -0.339 e. The van der Waals surface area contributed by atoms with Crippen LogP contribution in [0.1, 0.15) is 40.1 Å². The Morgan fingerprint density at radius 3 is 2.47 bits per heavy atom. The predicted molar refractivity (Wildman–Crippen MR) is 120 cm³/mol. The summed E-state index contributed by atoms with van der Waals surface area (Å²) in [5.41, 5.74) is 3.93. The summed E-state index contributed by atoms with van der Waals surface area (Å²) in [7, 11) is 0. The van der Waals surface area contributed by atoms with Gasteiger partial charge in [0.25, 0.3) is 11.8 Å². The lowest BCUT2D eigenvalue weighted by Crippen LogP contribution is -2.35. The number of rotatable bonds is 4. The van der Waals surface area contributed by atoms with Crippen LogP contribution >= 0.6 is 0 Å². The minimum atomic E-state index is -0.297. The van der Waals surface area contributed by atoms with Crippen LogP contribution in [0.5, 0.6) is 0 Å². The molecule has 1 aliphatic rings. The molecule has 32 heavy (non-hydrogen) atoms. The Balaban J connectivity index is 1.40. The Morgan fingerprint density at radius 1 is 0.906 bits per heavy atom. The summed E-state index contributed by atoms with van der Waals surface area (Å²) in [6.07, 6.45) is 9.77. The van der Waals surface area contributed by atoms with E-state index in [-0.39, 0.29) is 11.8 Å². The first-order valence-electron chi connectivity index (χ1n) is 10.6. The van der Waals surface area contributed by atoms with Crippen molar-refractivity contribution in [1.29, 1.82) is 0 Å². The normalized spacial score (nSPS) is 13.8. The molecule has 1 saturated heterocycles. The number of piperidine rings is 1. The van der Waals surface area contributed by atoms with Gasteiger partial charge < -0.3 is 10.2 Å². The van der Waals surface area contributed by atoms with Gasteiger partial charge in [-0.3, -0.25) is 19.6 Å². The highest BCUT2D eigenvalue weighted by Crippen LogP contribution is 2.24. The standard InChI is InChI=1S/C24H22N6O2/c31-23(28-18-9-11-25-12-10-18)20-8-7-17(15-26-20)21-5-4-6-22-19(16-27-30(21)22)24(32)29-13-2-1-3-14-29/h4-12,15-16H,1-3,13-14H2,(H,25,28,31). The largest absolute Gasteiger partial charge is 0.339 e. The fourth-order valence-electron chi connectivity index (χ4n) is 3.97. The Labute approximate surface area is 184 Å². The first kappa shape index (κ1) is 19.9. The summed E-state index contributed by atoms with van der Waals surface area (Å²) in [4.78, 5) is 35.6. The average molecular weight is 426 g/mol. The lowest BCUT2D eigenvalue weighted by atomic mass is 10.1. The van der Waals surface area contributed by atoms with E-state index in [1.807, 2.05) is 29.2 Å². The molecule has 0 unspecified atom stereocenters. The highest BCUT2D eigenvalue weighted by Gasteiger charge is 2.22. The van der Waals surface area contributed by atoms with Crippen molar-refractivity contribution in [3.8, 4) is 11.3 Å². The number of hydrogen-bond acceptors (Lipinski definition) is 5. The van der Waals surface area contributed by atoms with Crippen LogP contribution in [0.2, 0.25) is 0 Å². The molecular formula is C24H22N6O2. The van der Waals surface area contributed by atoms with Crippen LogP contribution in [-0.2, 0) is 0 Å². The van der Waals surface area contributed by atoms with Gasteiger partial charge in [-0.25, -0.2) is 4.52 Å². The van der Waals surface area contributed by atoms with E-state index >= 15 is 0 Å². The second-order valence-corrected chi connectivity index (χ2v) is 7.74. The highest BCUT2D eigenvalue weighted by molar-refractivity contribution is 6.03. The number of hydrogen-bond donors (Lipinski definition) is 1. The molecule has 8 nitrogen and oxygen atoms in total. The van der Waals surface area contributed by atoms with E-state index in [0.29, 0.717) is 16.9 Å². The summed E-state index contributed by atoms with van der Waals surface area (Å²) >= 11 is 0. The molecule has 0 bridgehead atoms. The van der Waals surface area contributed by atoms with Crippen molar-refractivity contribution in [2.75, 3.05) is 18.4 Å². The number of anilines is 1. The molecule has 0 saturated carbocycles. The van der Waals surface area contributed by atoms with Gasteiger partial charge in [-0.15, -0.1) is 0 Å². The highest BCUT2D eigenvalue weighted by atomic mass is 16.2. The smallest absolute Gasteiger partial charge is 0.274 e. The SMILES string of the molecule is O=C(Nc1ccncc1)c1ccc(-c2cccc3c(C(=O)N4CCCCC4)cnn23)cn1. The van der Waals surface area contributed by atoms with Crippen molar-refractivity contribution in [1.82, 2.24) is 24.5 Å². The van der Waals surface area contributed by atoms with Crippen molar-refractivity contribution in [2.24, 2.45) is 0 Å². The molecule has 1 N–H and O–H groups in total. The molecule has 4 aromatic heterocycles. The van der Waals surface area contributed by atoms with Gasteiger partial charge in [-0.05, 0) is 55.7 Å². The number of nitrogens with zero attached hydrogens (tertiary/aromatic N) is 5. The van der Waals surface area contributed by atoms with Crippen molar-refractivity contribution in [3.05, 3.63) is 78.5 Å². The molecule has 0 radical (unpaired) electrons. The number of pyridine rings is 3. The van der Waals surface area contributed by atoms with Gasteiger partial charge in [0.05, 0.1) is 23.0 Å². The predicted octanol–water partition coefficient (Wildman–Crippen LogP) is 3.67. The lowest BCUT2D eigenvalue weighted by Gasteiger charge is -2.26. The van der Waals surface area contributed by atoms with Crippen molar-refractivity contribution >= 4 is 23.0 Å². The topological polar surface area (TPSA) is 92.5 Å². The second-order valence-electron chi connectivity index (χ2n) is 7.74. The van der Waals surface area contributed by atoms with E-state index in [9.17, 15) is 9.59 Å². The average Bonchev–Trinajstić information content (AvgIpc) is 3.29. The molecule has 0 aliphatic carbocycles. The Hall–Kier alpha value is -4.07. The van der Waals surface area contributed by atoms with Crippen LogP contribution in [0, 0.1) is 0 Å². The van der Waals surface area contributed by atoms with Gasteiger partial charge in [0.2, 0.25) is 0 Å². The number of carbonyl (C=O) groups is 2. The van der Waals surface area contributed by atoms with E-state index in [2.05, 4.69) is 20.4 Å². The van der Waals surface area contributed by atoms with Gasteiger partial charge in [0.1, 0.15) is 5.69 Å². The van der Waals surface area contributed by atoms with E-state index < -0.39 is 0 Å². The van der Waals surface area contributed by atoms with Crippen molar-refractivity contribution < 1.29 is 9.59 Å². The molecule has 160 valence electrons. The minimum absolute atomic E-state index is 0.0260. The molecule has 1 aliphatic heterocycles. The van der Waals surface area contributed by atoms with Gasteiger partial charge in [-0.2, -0.15) is 5.10 Å². The van der Waals surface area contributed by atoms with E-state index in [1.54, 1.807) is 47.5 Å². The Morgan fingerprint density at radius 2 is 1.72 bits per heavy atom. The Kier molecular flexibility index (Phi) is 5.33. The number of fused-ring (bicyclic) bond motifs is 1. The molecule has 0 spiro atoms. The fourth-order valence-corrected chi connectivity index (χ4v) is 3.97. The van der Waals surface area contributed by atoms with Gasteiger partial charge >= 0.3 is 0 Å². The first-order valence-corrected chi connectivity index (χ1v) is 10.6. The van der Waals surface area contributed by atoms with E-state index in [1.165, 1.54) is 6.42 Å². The first-order chi connectivity index (χ1) is 15.7. The molecule has 1 fully saturated rings. The zero-order valence-corrected chi connectivity index (χ0v) is 17.4. The maximum Gasteiger partial charge on any atom is 0.274 e. The lowest BCUT2D eigenvalue weighted by molar-refractivity contribution is 0.0726. The van der Waals surface area contributed by atoms with Crippen molar-refractivity contribution in [3.63, 3.8) is 0 Å². The van der Waals surface area contributed by atoms with Gasteiger partial charge in [-0.1, -0.05) is 6.07 Å². The summed E-state index contributed by atoms with van der Waals surface area (Å²) in [6.45, 7) is 1.59. The monoisotopic (exact) mass is 426 g/mol. The van der Waals surface area contributed by atoms with E-state index in [0.717, 1.165) is 42.7 Å². The molecule has 2 amide bonds. The quantitative estimate of drug-likeness (QED) is 0.538. The second kappa shape index (κ2) is 8.58.